The second-order valence-corrected chi connectivity index (χ2v) is 7.08. The lowest BCUT2D eigenvalue weighted by molar-refractivity contribution is -0.119. The van der Waals surface area contributed by atoms with Crippen LogP contribution < -0.4 is 5.32 Å². The molecule has 0 saturated carbocycles. The van der Waals surface area contributed by atoms with Gasteiger partial charge in [0.1, 0.15) is 5.00 Å². The maximum atomic E-state index is 12.3. The summed E-state index contributed by atoms with van der Waals surface area (Å²) in [5, 5.41) is 3.72. The van der Waals surface area contributed by atoms with Crippen molar-refractivity contribution >= 4 is 45.1 Å². The van der Waals surface area contributed by atoms with E-state index in [0.29, 0.717) is 16.1 Å². The number of hydrogen-bond donors (Lipinski definition) is 2. The number of amides is 1. The molecule has 3 rings (SSSR count). The lowest BCUT2D eigenvalue weighted by Crippen LogP contribution is -2.21. The van der Waals surface area contributed by atoms with E-state index in [4.69, 9.17) is 9.47 Å². The number of carbonyl (C=O) groups excluding carboxylic acids is 3. The third-order valence-electron chi connectivity index (χ3n) is 4.17. The number of esters is 2. The van der Waals surface area contributed by atoms with Crippen LogP contribution in [0.25, 0.3) is 10.9 Å². The van der Waals surface area contributed by atoms with Gasteiger partial charge in [0.2, 0.25) is 0 Å². The van der Waals surface area contributed by atoms with Gasteiger partial charge in [-0.2, -0.15) is 0 Å². The van der Waals surface area contributed by atoms with Crippen LogP contribution in [0.2, 0.25) is 0 Å². The molecule has 0 aliphatic rings. The molecule has 8 heteroatoms. The summed E-state index contributed by atoms with van der Waals surface area (Å²) in [7, 11) is 1.28. The van der Waals surface area contributed by atoms with Gasteiger partial charge in [0.05, 0.1) is 18.2 Å². The molecule has 0 saturated heterocycles. The number of carbonyl (C=O) groups is 3. The van der Waals surface area contributed by atoms with Crippen LogP contribution in [0.3, 0.4) is 0 Å². The Bertz CT molecular complexity index is 1030. The van der Waals surface area contributed by atoms with Gasteiger partial charge < -0.3 is 19.8 Å². The molecule has 2 N–H and O–H groups in total. The van der Waals surface area contributed by atoms with E-state index >= 15 is 0 Å². The molecule has 27 heavy (non-hydrogen) atoms. The van der Waals surface area contributed by atoms with Crippen molar-refractivity contribution in [3.63, 3.8) is 0 Å². The van der Waals surface area contributed by atoms with E-state index in [2.05, 4.69) is 10.3 Å². The minimum Gasteiger partial charge on any atom is -0.465 e. The molecule has 2 aromatic heterocycles. The van der Waals surface area contributed by atoms with Crippen molar-refractivity contribution in [1.82, 2.24) is 4.98 Å². The summed E-state index contributed by atoms with van der Waals surface area (Å²) in [4.78, 5) is 40.3. The number of nitrogens with one attached hydrogen (secondary N) is 2. The molecule has 1 amide bonds. The Hall–Kier alpha value is -3.13. The van der Waals surface area contributed by atoms with Crippen molar-refractivity contribution in [3.05, 3.63) is 52.0 Å². The molecule has 0 fully saturated rings. The summed E-state index contributed by atoms with van der Waals surface area (Å²) in [6.45, 7) is 3.17. The standard InChI is InChI=1S/C19H18N2O5S/c1-10-11(2)27-17(16(10)19(24)25-3)21-15(22)9-26-18(23)13-8-20-14-7-5-4-6-12(13)14/h4-8,20H,9H2,1-3H3,(H,21,22). The quantitative estimate of drug-likeness (QED) is 0.655. The number of benzene rings is 1. The summed E-state index contributed by atoms with van der Waals surface area (Å²) < 4.78 is 9.88. The molecule has 7 nitrogen and oxygen atoms in total. The molecule has 0 aliphatic heterocycles. The maximum Gasteiger partial charge on any atom is 0.341 e. The molecule has 3 aromatic rings. The number of anilines is 1. The predicted molar refractivity (Wildman–Crippen MR) is 102 cm³/mol. The van der Waals surface area contributed by atoms with E-state index in [9.17, 15) is 14.4 Å². The van der Waals surface area contributed by atoms with Gasteiger partial charge in [0.25, 0.3) is 5.91 Å². The van der Waals surface area contributed by atoms with Crippen molar-refractivity contribution in [3.8, 4) is 0 Å². The molecule has 0 radical (unpaired) electrons. The first kappa shape index (κ1) is 18.7. The number of aryl methyl sites for hydroxylation is 1. The largest absolute Gasteiger partial charge is 0.465 e. The Morgan fingerprint density at radius 1 is 1.15 bits per heavy atom. The van der Waals surface area contributed by atoms with E-state index in [-0.39, 0.29) is 0 Å². The molecule has 0 unspecified atom stereocenters. The van der Waals surface area contributed by atoms with Crippen LogP contribution in [-0.2, 0) is 14.3 Å². The van der Waals surface area contributed by atoms with Crippen molar-refractivity contribution in [2.24, 2.45) is 0 Å². The zero-order valence-corrected chi connectivity index (χ0v) is 15.9. The van der Waals surface area contributed by atoms with E-state index < -0.39 is 24.5 Å². The molecule has 0 aliphatic carbocycles. The lowest BCUT2D eigenvalue weighted by Gasteiger charge is -2.07. The van der Waals surface area contributed by atoms with Crippen LogP contribution in [0, 0.1) is 13.8 Å². The van der Waals surface area contributed by atoms with Crippen LogP contribution in [0.1, 0.15) is 31.2 Å². The summed E-state index contributed by atoms with van der Waals surface area (Å²) in [6, 6.07) is 7.30. The topological polar surface area (TPSA) is 97.5 Å². The van der Waals surface area contributed by atoms with Crippen molar-refractivity contribution in [1.29, 1.82) is 0 Å². The summed E-state index contributed by atoms with van der Waals surface area (Å²) in [6.07, 6.45) is 1.55. The van der Waals surface area contributed by atoms with Crippen LogP contribution in [-0.4, -0.2) is 36.5 Å². The minimum atomic E-state index is -0.602. The van der Waals surface area contributed by atoms with E-state index in [1.54, 1.807) is 19.2 Å². The molecule has 2 heterocycles. The third kappa shape index (κ3) is 3.70. The fraction of sp³-hybridized carbons (Fsp3) is 0.211. The number of fused-ring (bicyclic) bond motifs is 1. The zero-order chi connectivity index (χ0) is 19.6. The number of thiophene rings is 1. The number of hydrogen-bond acceptors (Lipinski definition) is 6. The van der Waals surface area contributed by atoms with Crippen molar-refractivity contribution < 1.29 is 23.9 Å². The highest BCUT2D eigenvalue weighted by Crippen LogP contribution is 2.32. The average molecular weight is 386 g/mol. The van der Waals surface area contributed by atoms with Gasteiger partial charge in [-0.1, -0.05) is 18.2 Å². The van der Waals surface area contributed by atoms with E-state index in [1.807, 2.05) is 25.1 Å². The van der Waals surface area contributed by atoms with E-state index in [0.717, 1.165) is 21.3 Å². The second-order valence-electron chi connectivity index (χ2n) is 5.85. The number of aromatic nitrogens is 1. The number of aromatic amines is 1. The van der Waals surface area contributed by atoms with Gasteiger partial charge in [0, 0.05) is 22.0 Å². The molecular weight excluding hydrogens is 368 g/mol. The lowest BCUT2D eigenvalue weighted by atomic mass is 10.1. The van der Waals surface area contributed by atoms with Crippen LogP contribution in [0.15, 0.2) is 30.5 Å². The summed E-state index contributed by atoms with van der Waals surface area (Å²) in [5.74, 6) is -1.66. The predicted octanol–water partition coefficient (Wildman–Crippen LogP) is 3.43. The first-order valence-electron chi connectivity index (χ1n) is 8.13. The van der Waals surface area contributed by atoms with Crippen LogP contribution in [0.5, 0.6) is 0 Å². The number of ether oxygens (including phenoxy) is 2. The normalized spacial score (nSPS) is 10.6. The Labute approximate surface area is 159 Å². The maximum absolute atomic E-state index is 12.3. The zero-order valence-electron chi connectivity index (χ0n) is 15.0. The fourth-order valence-electron chi connectivity index (χ4n) is 2.67. The third-order valence-corrected chi connectivity index (χ3v) is 5.29. The van der Waals surface area contributed by atoms with Gasteiger partial charge in [-0.25, -0.2) is 9.59 Å². The van der Waals surface area contributed by atoms with E-state index in [1.165, 1.54) is 18.4 Å². The average Bonchev–Trinajstić information content (AvgIpc) is 3.20. The molecule has 1 aromatic carbocycles. The van der Waals surface area contributed by atoms with Crippen LogP contribution in [0.4, 0.5) is 5.00 Å². The number of H-pyrrole nitrogens is 1. The molecule has 0 spiro atoms. The fourth-order valence-corrected chi connectivity index (χ4v) is 3.74. The first-order chi connectivity index (χ1) is 12.9. The Balaban J connectivity index is 1.68. The second kappa shape index (κ2) is 7.63. The number of methoxy groups -OCH3 is 1. The minimum absolute atomic E-state index is 0.316. The van der Waals surface area contributed by atoms with Gasteiger partial charge in [-0.05, 0) is 25.5 Å². The van der Waals surface area contributed by atoms with Gasteiger partial charge in [-0.3, -0.25) is 4.79 Å². The number of para-hydroxylation sites is 1. The Kier molecular flexibility index (Phi) is 5.27. The highest BCUT2D eigenvalue weighted by atomic mass is 32.1. The monoisotopic (exact) mass is 386 g/mol. The molecule has 0 atom stereocenters. The van der Waals surface area contributed by atoms with Gasteiger partial charge in [-0.15, -0.1) is 11.3 Å². The molecule has 0 bridgehead atoms. The number of rotatable bonds is 5. The summed E-state index contributed by atoms with van der Waals surface area (Å²) in [5.41, 5.74) is 2.23. The SMILES string of the molecule is COC(=O)c1c(NC(=O)COC(=O)c2c[nH]c3ccccc23)sc(C)c1C. The molecular formula is C19H18N2O5S. The highest BCUT2D eigenvalue weighted by Gasteiger charge is 2.22. The summed E-state index contributed by atoms with van der Waals surface area (Å²) >= 11 is 1.27. The van der Waals surface area contributed by atoms with Crippen LogP contribution >= 0.6 is 11.3 Å². The first-order valence-corrected chi connectivity index (χ1v) is 8.95. The Morgan fingerprint density at radius 2 is 1.89 bits per heavy atom. The smallest absolute Gasteiger partial charge is 0.341 e. The Morgan fingerprint density at radius 3 is 2.63 bits per heavy atom. The molecule has 140 valence electrons. The van der Waals surface area contributed by atoms with Crippen molar-refractivity contribution in [2.75, 3.05) is 19.0 Å². The van der Waals surface area contributed by atoms with Gasteiger partial charge in [0.15, 0.2) is 6.61 Å². The van der Waals surface area contributed by atoms with Gasteiger partial charge >= 0.3 is 11.9 Å². The highest BCUT2D eigenvalue weighted by molar-refractivity contribution is 7.16. The van der Waals surface area contributed by atoms with Crippen molar-refractivity contribution in [2.45, 2.75) is 13.8 Å².